The van der Waals surface area contributed by atoms with Crippen molar-refractivity contribution in [3.8, 4) is 6.07 Å². The van der Waals surface area contributed by atoms with Gasteiger partial charge in [-0.05, 0) is 76.4 Å². The van der Waals surface area contributed by atoms with Gasteiger partial charge in [0.2, 0.25) is 5.91 Å². The molecule has 2 aromatic carbocycles. The second kappa shape index (κ2) is 12.8. The minimum Gasteiger partial charge on any atom is -0.444 e. The Balaban J connectivity index is 1.43. The molecule has 1 unspecified atom stereocenters. The second-order valence-electron chi connectivity index (χ2n) is 10.8. The first kappa shape index (κ1) is 30.2. The zero-order valence-electron chi connectivity index (χ0n) is 23.9. The predicted molar refractivity (Wildman–Crippen MR) is 164 cm³/mol. The zero-order valence-corrected chi connectivity index (χ0v) is 25.5. The van der Waals surface area contributed by atoms with Crippen LogP contribution in [0.25, 0.3) is 0 Å². The molecule has 0 saturated heterocycles. The second-order valence-corrected chi connectivity index (χ2v) is 13.2. The summed E-state index contributed by atoms with van der Waals surface area (Å²) in [5, 5.41) is 15.9. The summed E-state index contributed by atoms with van der Waals surface area (Å²) in [6.07, 6.45) is 0.701. The van der Waals surface area contributed by atoms with E-state index in [1.807, 2.05) is 77.1 Å². The third-order valence-corrected chi connectivity index (χ3v) is 8.86. The molecule has 214 valence electrons. The van der Waals surface area contributed by atoms with Gasteiger partial charge in [-0.25, -0.2) is 4.79 Å². The van der Waals surface area contributed by atoms with Crippen LogP contribution in [0.1, 0.15) is 66.0 Å². The van der Waals surface area contributed by atoms with Gasteiger partial charge in [-0.3, -0.25) is 9.59 Å². The van der Waals surface area contributed by atoms with Crippen LogP contribution in [0.3, 0.4) is 0 Å². The predicted octanol–water partition coefficient (Wildman–Crippen LogP) is 6.98. The normalized spacial score (nSPS) is 13.5. The fourth-order valence-electron chi connectivity index (χ4n) is 4.41. The number of hydrogen-bond acceptors (Lipinski definition) is 7. The number of carbonyl (C=O) groups is 3. The minimum atomic E-state index is -0.595. The molecule has 2 N–H and O–H groups in total. The average molecular weight is 591 g/mol. The van der Waals surface area contributed by atoms with E-state index in [0.29, 0.717) is 47.7 Å². The highest BCUT2D eigenvalue weighted by Crippen LogP contribution is 2.38. The molecule has 0 bridgehead atoms. The number of nitrogens with zero attached hydrogens (tertiary/aromatic N) is 2. The fourth-order valence-corrected chi connectivity index (χ4v) is 6.64. The van der Waals surface area contributed by atoms with E-state index >= 15 is 0 Å². The highest BCUT2D eigenvalue weighted by molar-refractivity contribution is 8.00. The van der Waals surface area contributed by atoms with Crippen LogP contribution in [0.5, 0.6) is 0 Å². The summed E-state index contributed by atoms with van der Waals surface area (Å²) in [5.41, 5.74) is 2.97. The molecule has 0 aliphatic carbocycles. The topological polar surface area (TPSA) is 112 Å². The quantitative estimate of drug-likeness (QED) is 0.287. The van der Waals surface area contributed by atoms with Crippen molar-refractivity contribution in [2.75, 3.05) is 17.2 Å². The summed E-state index contributed by atoms with van der Waals surface area (Å²) in [7, 11) is 0. The number of fused-ring (bicyclic) bond motifs is 1. The molecular weight excluding hydrogens is 556 g/mol. The van der Waals surface area contributed by atoms with Gasteiger partial charge < -0.3 is 20.3 Å². The van der Waals surface area contributed by atoms with Gasteiger partial charge in [0.1, 0.15) is 16.7 Å². The number of hydrogen-bond donors (Lipinski definition) is 2. The smallest absolute Gasteiger partial charge is 0.410 e. The van der Waals surface area contributed by atoms with E-state index in [4.69, 9.17) is 4.74 Å². The summed E-state index contributed by atoms with van der Waals surface area (Å²) < 4.78 is 5.51. The van der Waals surface area contributed by atoms with Crippen LogP contribution in [-0.4, -0.2) is 40.2 Å². The lowest BCUT2D eigenvalue weighted by molar-refractivity contribution is -0.115. The van der Waals surface area contributed by atoms with Crippen LogP contribution < -0.4 is 10.6 Å². The molecule has 0 saturated carbocycles. The maximum Gasteiger partial charge on any atom is 0.410 e. The Morgan fingerprint density at radius 3 is 2.59 bits per heavy atom. The van der Waals surface area contributed by atoms with Crippen LogP contribution in [0.15, 0.2) is 53.4 Å². The van der Waals surface area contributed by atoms with Crippen molar-refractivity contribution in [2.45, 2.75) is 69.8 Å². The molecule has 0 radical (unpaired) electrons. The van der Waals surface area contributed by atoms with Crippen molar-refractivity contribution in [3.05, 3.63) is 75.7 Å². The molecule has 1 aromatic heterocycles. The van der Waals surface area contributed by atoms with Crippen molar-refractivity contribution < 1.29 is 19.1 Å². The number of thiophene rings is 1. The first-order chi connectivity index (χ1) is 19.5. The van der Waals surface area contributed by atoms with Crippen molar-refractivity contribution in [3.63, 3.8) is 0 Å². The molecule has 0 fully saturated rings. The van der Waals surface area contributed by atoms with Crippen molar-refractivity contribution in [2.24, 2.45) is 0 Å². The number of benzene rings is 2. The summed E-state index contributed by atoms with van der Waals surface area (Å²) in [4.78, 5) is 42.0. The molecular formula is C31H34N4O4S2. The van der Waals surface area contributed by atoms with Gasteiger partial charge in [0.15, 0.2) is 0 Å². The largest absolute Gasteiger partial charge is 0.444 e. The Labute approximate surface area is 249 Å². The molecule has 4 rings (SSSR count). The highest BCUT2D eigenvalue weighted by atomic mass is 32.2. The third kappa shape index (κ3) is 7.69. The summed E-state index contributed by atoms with van der Waals surface area (Å²) >= 11 is 2.74. The van der Waals surface area contributed by atoms with E-state index in [0.717, 1.165) is 20.9 Å². The Bertz CT molecular complexity index is 1500. The van der Waals surface area contributed by atoms with Gasteiger partial charge in [0, 0.05) is 27.6 Å². The van der Waals surface area contributed by atoms with E-state index in [1.54, 1.807) is 11.0 Å². The van der Waals surface area contributed by atoms with E-state index < -0.39 is 10.9 Å². The standard InChI is InChI=1S/C31H34N4O4S2/c1-6-25(40-22-12-8-11-21(16-22)33-27(36)20-10-7-9-19(2)15-20)28(37)34-29-24(17-32)23-13-14-35(18-26(23)41-29)30(38)39-31(3,4)5/h7-12,15-16,25H,6,13-14,18H2,1-5H3,(H,33,36)(H,34,37). The highest BCUT2D eigenvalue weighted by Gasteiger charge is 2.31. The Kier molecular flexibility index (Phi) is 9.41. The van der Waals surface area contributed by atoms with Crippen molar-refractivity contribution >= 4 is 51.7 Å². The van der Waals surface area contributed by atoms with Gasteiger partial charge in [-0.1, -0.05) is 30.7 Å². The molecule has 10 heteroatoms. The van der Waals surface area contributed by atoms with Crippen molar-refractivity contribution in [1.29, 1.82) is 5.26 Å². The van der Waals surface area contributed by atoms with Crippen LogP contribution in [0.4, 0.5) is 15.5 Å². The number of thioether (sulfide) groups is 1. The van der Waals surface area contributed by atoms with Crippen LogP contribution in [-0.2, 0) is 22.5 Å². The lowest BCUT2D eigenvalue weighted by atomic mass is 10.0. The van der Waals surface area contributed by atoms with E-state index in [9.17, 15) is 19.6 Å². The van der Waals surface area contributed by atoms with Crippen LogP contribution in [0.2, 0.25) is 0 Å². The van der Waals surface area contributed by atoms with Crippen molar-refractivity contribution in [1.82, 2.24) is 4.90 Å². The maximum atomic E-state index is 13.3. The number of carbonyl (C=O) groups excluding carboxylic acids is 3. The summed E-state index contributed by atoms with van der Waals surface area (Å²) in [6.45, 7) is 10.1. The van der Waals surface area contributed by atoms with Crippen LogP contribution in [0, 0.1) is 18.3 Å². The molecule has 1 atom stereocenters. The van der Waals surface area contributed by atoms with Gasteiger partial charge in [-0.2, -0.15) is 5.26 Å². The fraction of sp³-hybridized carbons (Fsp3) is 0.355. The summed E-state index contributed by atoms with van der Waals surface area (Å²) in [6, 6.07) is 17.1. The Morgan fingerprint density at radius 1 is 1.15 bits per heavy atom. The number of amides is 3. The Hall–Kier alpha value is -3.81. The number of nitrogens with one attached hydrogen (secondary N) is 2. The van der Waals surface area contributed by atoms with Gasteiger partial charge in [0.05, 0.1) is 17.4 Å². The monoisotopic (exact) mass is 590 g/mol. The van der Waals surface area contributed by atoms with E-state index in [-0.39, 0.29) is 17.9 Å². The van der Waals surface area contributed by atoms with Gasteiger partial charge in [0.25, 0.3) is 5.91 Å². The zero-order chi connectivity index (χ0) is 29.7. The average Bonchev–Trinajstić information content (AvgIpc) is 3.26. The number of ether oxygens (including phenoxy) is 1. The van der Waals surface area contributed by atoms with E-state index in [1.165, 1.54) is 23.1 Å². The molecule has 1 aliphatic heterocycles. The number of rotatable bonds is 7. The molecule has 1 aliphatic rings. The number of anilines is 2. The first-order valence-corrected chi connectivity index (χ1v) is 15.1. The van der Waals surface area contributed by atoms with E-state index in [2.05, 4.69) is 16.7 Å². The molecule has 3 aromatic rings. The molecule has 3 amide bonds. The molecule has 8 nitrogen and oxygen atoms in total. The third-order valence-electron chi connectivity index (χ3n) is 6.37. The minimum absolute atomic E-state index is 0.198. The molecule has 2 heterocycles. The molecule has 41 heavy (non-hydrogen) atoms. The van der Waals surface area contributed by atoms with Gasteiger partial charge >= 0.3 is 6.09 Å². The first-order valence-electron chi connectivity index (χ1n) is 13.5. The number of nitriles is 1. The maximum absolute atomic E-state index is 13.3. The Morgan fingerprint density at radius 2 is 1.90 bits per heavy atom. The summed E-state index contributed by atoms with van der Waals surface area (Å²) in [5.74, 6) is -0.401. The number of aryl methyl sites for hydroxylation is 1. The lowest BCUT2D eigenvalue weighted by Crippen LogP contribution is -2.39. The van der Waals surface area contributed by atoms with Gasteiger partial charge in [-0.15, -0.1) is 23.1 Å². The molecule has 0 spiro atoms. The van der Waals surface area contributed by atoms with Crippen LogP contribution >= 0.6 is 23.1 Å². The SMILES string of the molecule is CCC(Sc1cccc(NC(=O)c2cccc(C)c2)c1)C(=O)Nc1sc2c(c1C#N)CCN(C(=O)OC(C)(C)C)C2. The lowest BCUT2D eigenvalue weighted by Gasteiger charge is -2.29.